The molecular formula is C14H15NO. The lowest BCUT2D eigenvalue weighted by molar-refractivity contribution is 0.477. The summed E-state index contributed by atoms with van der Waals surface area (Å²) in [7, 11) is 0. The average molecular weight is 213 g/mol. The molecule has 2 rings (SSSR count). The molecular weight excluding hydrogens is 198 g/mol. The predicted octanol–water partition coefficient (Wildman–Crippen LogP) is 3.31. The summed E-state index contributed by atoms with van der Waals surface area (Å²) in [5.41, 5.74) is 3.06. The van der Waals surface area contributed by atoms with Crippen LogP contribution in [0.1, 0.15) is 11.1 Å². The van der Waals surface area contributed by atoms with Gasteiger partial charge >= 0.3 is 0 Å². The summed E-state index contributed by atoms with van der Waals surface area (Å²) in [4.78, 5) is 0. The van der Waals surface area contributed by atoms with Crippen LogP contribution in [0.5, 0.6) is 5.75 Å². The smallest absolute Gasteiger partial charge is 0.138 e. The van der Waals surface area contributed by atoms with Crippen LogP contribution in [0, 0.1) is 6.92 Å². The Morgan fingerprint density at radius 2 is 1.75 bits per heavy atom. The Balaban J connectivity index is 2.11. The van der Waals surface area contributed by atoms with Crippen molar-refractivity contribution in [3.63, 3.8) is 0 Å². The van der Waals surface area contributed by atoms with Gasteiger partial charge in [-0.15, -0.1) is 0 Å². The number of aryl methyl sites for hydroxylation is 1. The summed E-state index contributed by atoms with van der Waals surface area (Å²) in [5.74, 6) is 0.302. The monoisotopic (exact) mass is 213 g/mol. The van der Waals surface area contributed by atoms with Crippen molar-refractivity contribution in [1.82, 2.24) is 0 Å². The van der Waals surface area contributed by atoms with Crippen LogP contribution in [-0.4, -0.2) is 5.11 Å². The lowest BCUT2D eigenvalue weighted by Gasteiger charge is -2.11. The number of nitrogens with one attached hydrogen (secondary N) is 1. The van der Waals surface area contributed by atoms with E-state index in [9.17, 15) is 5.11 Å². The molecule has 0 spiro atoms. The molecule has 0 aliphatic carbocycles. The third-order valence-electron chi connectivity index (χ3n) is 2.56. The fraction of sp³-hybridized carbons (Fsp3) is 0.143. The molecule has 2 aromatic rings. The minimum atomic E-state index is 0.302. The molecule has 0 bridgehead atoms. The van der Waals surface area contributed by atoms with Gasteiger partial charge in [0.15, 0.2) is 0 Å². The van der Waals surface area contributed by atoms with Gasteiger partial charge in [-0.05, 0) is 24.1 Å². The predicted molar refractivity (Wildman–Crippen MR) is 66.6 cm³/mol. The van der Waals surface area contributed by atoms with Crippen molar-refractivity contribution in [3.05, 3.63) is 59.7 Å². The highest BCUT2D eigenvalue weighted by molar-refractivity contribution is 5.60. The Hall–Kier alpha value is -1.96. The van der Waals surface area contributed by atoms with Crippen LogP contribution < -0.4 is 5.32 Å². The van der Waals surface area contributed by atoms with Crippen molar-refractivity contribution in [2.24, 2.45) is 0 Å². The first-order valence-electron chi connectivity index (χ1n) is 5.34. The molecule has 0 amide bonds. The molecule has 0 unspecified atom stereocenters. The van der Waals surface area contributed by atoms with Crippen molar-refractivity contribution >= 4 is 5.69 Å². The summed E-state index contributed by atoms with van der Waals surface area (Å²) in [6.45, 7) is 2.70. The maximum absolute atomic E-state index is 9.71. The van der Waals surface area contributed by atoms with Gasteiger partial charge in [0, 0.05) is 6.54 Å². The number of phenols is 1. The van der Waals surface area contributed by atoms with Crippen molar-refractivity contribution in [3.8, 4) is 5.75 Å². The first kappa shape index (κ1) is 10.6. The Labute approximate surface area is 95.6 Å². The van der Waals surface area contributed by atoms with Gasteiger partial charge < -0.3 is 10.4 Å². The molecule has 0 radical (unpaired) electrons. The molecule has 82 valence electrons. The second-order valence-corrected chi connectivity index (χ2v) is 3.81. The van der Waals surface area contributed by atoms with Crippen LogP contribution >= 0.6 is 0 Å². The van der Waals surface area contributed by atoms with E-state index in [0.29, 0.717) is 5.75 Å². The van der Waals surface area contributed by atoms with Gasteiger partial charge in [-0.2, -0.15) is 0 Å². The van der Waals surface area contributed by atoms with Crippen LogP contribution in [0.4, 0.5) is 5.69 Å². The van der Waals surface area contributed by atoms with Gasteiger partial charge in [0.1, 0.15) is 5.75 Å². The molecule has 16 heavy (non-hydrogen) atoms. The van der Waals surface area contributed by atoms with Crippen molar-refractivity contribution in [1.29, 1.82) is 0 Å². The van der Waals surface area contributed by atoms with Gasteiger partial charge in [-0.3, -0.25) is 0 Å². The number of aromatic hydroxyl groups is 1. The van der Waals surface area contributed by atoms with Crippen molar-refractivity contribution < 1.29 is 5.11 Å². The number of para-hydroxylation sites is 1. The van der Waals surface area contributed by atoms with Gasteiger partial charge in [0.2, 0.25) is 0 Å². The van der Waals surface area contributed by atoms with E-state index < -0.39 is 0 Å². The summed E-state index contributed by atoms with van der Waals surface area (Å²) < 4.78 is 0. The zero-order valence-electron chi connectivity index (χ0n) is 9.27. The molecule has 0 aliphatic heterocycles. The normalized spacial score (nSPS) is 10.1. The lowest BCUT2D eigenvalue weighted by Crippen LogP contribution is -2.00. The Morgan fingerprint density at radius 3 is 2.44 bits per heavy atom. The molecule has 0 saturated carbocycles. The van der Waals surface area contributed by atoms with Crippen LogP contribution in [0.3, 0.4) is 0 Å². The highest BCUT2D eigenvalue weighted by Gasteiger charge is 2.02. The topological polar surface area (TPSA) is 32.3 Å². The molecule has 0 saturated heterocycles. The van der Waals surface area contributed by atoms with E-state index in [2.05, 4.69) is 17.4 Å². The third-order valence-corrected chi connectivity index (χ3v) is 2.56. The highest BCUT2D eigenvalue weighted by Crippen LogP contribution is 2.26. The largest absolute Gasteiger partial charge is 0.506 e. The van der Waals surface area contributed by atoms with E-state index in [-0.39, 0.29) is 0 Å². The zero-order valence-corrected chi connectivity index (χ0v) is 9.27. The maximum atomic E-state index is 9.71. The number of hydrogen-bond donors (Lipinski definition) is 2. The molecule has 0 aromatic heterocycles. The SMILES string of the molecule is Cc1cccc(O)c1NCc1ccccc1. The lowest BCUT2D eigenvalue weighted by atomic mass is 10.1. The fourth-order valence-electron chi connectivity index (χ4n) is 1.67. The van der Waals surface area contributed by atoms with Crippen LogP contribution in [0.2, 0.25) is 0 Å². The van der Waals surface area contributed by atoms with E-state index in [0.717, 1.165) is 17.8 Å². The van der Waals surface area contributed by atoms with E-state index in [1.54, 1.807) is 6.07 Å². The molecule has 2 nitrogen and oxygen atoms in total. The Morgan fingerprint density at radius 1 is 1.00 bits per heavy atom. The van der Waals surface area contributed by atoms with Gasteiger partial charge in [0.05, 0.1) is 5.69 Å². The molecule has 2 N–H and O–H groups in total. The zero-order chi connectivity index (χ0) is 11.4. The molecule has 0 fully saturated rings. The summed E-state index contributed by atoms with van der Waals surface area (Å²) in [5, 5.41) is 13.0. The molecule has 0 atom stereocenters. The molecule has 0 aliphatic rings. The second kappa shape index (κ2) is 4.71. The number of rotatable bonds is 3. The Kier molecular flexibility index (Phi) is 3.10. The minimum Gasteiger partial charge on any atom is -0.506 e. The van der Waals surface area contributed by atoms with E-state index >= 15 is 0 Å². The summed E-state index contributed by atoms with van der Waals surface area (Å²) in [6, 6.07) is 15.6. The van der Waals surface area contributed by atoms with Crippen molar-refractivity contribution in [2.45, 2.75) is 13.5 Å². The highest BCUT2D eigenvalue weighted by atomic mass is 16.3. The van der Waals surface area contributed by atoms with Crippen molar-refractivity contribution in [2.75, 3.05) is 5.32 Å². The fourth-order valence-corrected chi connectivity index (χ4v) is 1.67. The third kappa shape index (κ3) is 2.34. The molecule has 2 aromatic carbocycles. The number of hydrogen-bond acceptors (Lipinski definition) is 2. The second-order valence-electron chi connectivity index (χ2n) is 3.81. The van der Waals surface area contributed by atoms with Crippen LogP contribution in [-0.2, 0) is 6.54 Å². The van der Waals surface area contributed by atoms with Gasteiger partial charge in [-0.1, -0.05) is 42.5 Å². The van der Waals surface area contributed by atoms with Gasteiger partial charge in [0.25, 0.3) is 0 Å². The average Bonchev–Trinajstić information content (AvgIpc) is 2.30. The van der Waals surface area contributed by atoms with E-state index in [1.807, 2.05) is 37.3 Å². The summed E-state index contributed by atoms with van der Waals surface area (Å²) in [6.07, 6.45) is 0. The first-order chi connectivity index (χ1) is 7.77. The maximum Gasteiger partial charge on any atom is 0.138 e. The van der Waals surface area contributed by atoms with Gasteiger partial charge in [-0.25, -0.2) is 0 Å². The number of benzene rings is 2. The molecule has 0 heterocycles. The van der Waals surface area contributed by atoms with E-state index in [4.69, 9.17) is 0 Å². The standard InChI is InChI=1S/C14H15NO/c1-11-6-5-9-13(16)14(11)15-10-12-7-3-2-4-8-12/h2-9,15-16H,10H2,1H3. The summed E-state index contributed by atoms with van der Waals surface area (Å²) >= 11 is 0. The Bertz CT molecular complexity index is 445. The minimum absolute atomic E-state index is 0.302. The number of anilines is 1. The first-order valence-corrected chi connectivity index (χ1v) is 5.34. The number of phenolic OH excluding ortho intramolecular Hbond substituents is 1. The molecule has 2 heteroatoms. The van der Waals surface area contributed by atoms with E-state index in [1.165, 1.54) is 5.56 Å². The van der Waals surface area contributed by atoms with Crippen LogP contribution in [0.15, 0.2) is 48.5 Å². The quantitative estimate of drug-likeness (QED) is 0.767. The van der Waals surface area contributed by atoms with Crippen LogP contribution in [0.25, 0.3) is 0 Å².